The second-order valence-electron chi connectivity index (χ2n) is 14.5. The minimum absolute atomic E-state index is 1.09. The van der Waals surface area contributed by atoms with E-state index in [2.05, 4.69) is 228 Å². The van der Waals surface area contributed by atoms with E-state index in [-0.39, 0.29) is 0 Å². The average molecular weight is 745 g/mol. The van der Waals surface area contributed by atoms with Gasteiger partial charge in [-0.1, -0.05) is 158 Å². The molecule has 268 valence electrons. The van der Waals surface area contributed by atoms with Crippen molar-refractivity contribution in [3.63, 3.8) is 0 Å². The maximum absolute atomic E-state index is 2.47. The van der Waals surface area contributed by atoms with Crippen molar-refractivity contribution in [3.05, 3.63) is 218 Å². The normalized spacial score (nSPS) is 11.5. The summed E-state index contributed by atoms with van der Waals surface area (Å²) in [7, 11) is 0. The molecule has 0 spiro atoms. The van der Waals surface area contributed by atoms with Gasteiger partial charge >= 0.3 is 0 Å². The van der Waals surface area contributed by atoms with Gasteiger partial charge in [-0.3, -0.25) is 0 Å². The van der Waals surface area contributed by atoms with E-state index >= 15 is 0 Å². The summed E-state index contributed by atoms with van der Waals surface area (Å²) in [6, 6.07) is 79.4. The third kappa shape index (κ3) is 5.63. The first-order valence-corrected chi connectivity index (χ1v) is 20.3. The number of thiophene rings is 1. The molecule has 0 bridgehead atoms. The van der Waals surface area contributed by atoms with Gasteiger partial charge in [0.1, 0.15) is 0 Å². The molecular weight excluding hydrogens is 709 g/mol. The Balaban J connectivity index is 1.14. The molecule has 0 radical (unpaired) electrons. The first kappa shape index (κ1) is 33.2. The highest BCUT2D eigenvalue weighted by Gasteiger charge is 2.22. The zero-order valence-corrected chi connectivity index (χ0v) is 31.9. The fourth-order valence-corrected chi connectivity index (χ4v) is 9.74. The first-order chi connectivity index (χ1) is 28.3. The molecule has 0 saturated heterocycles. The van der Waals surface area contributed by atoms with Gasteiger partial charge in [-0.05, 0) is 82.9 Å². The quantitative estimate of drug-likeness (QED) is 0.158. The summed E-state index contributed by atoms with van der Waals surface area (Å²) in [6.07, 6.45) is 0. The molecule has 0 aliphatic heterocycles. The standard InChI is InChI=1S/C54H36N2S/c1-3-17-37(18-4-1)41-21-7-8-23-43(41)44-24-10-14-28-50(44)56-51-29-15-11-25-45(51)46-33-32-40(36-52(46)56)55(39-19-5-2-6-20-39)49-27-13-9-22-42(49)38-31-34-54-48(35-38)47-26-12-16-30-53(47)57-54/h1-36H. The van der Waals surface area contributed by atoms with Gasteiger partial charge in [-0.25, -0.2) is 0 Å². The van der Waals surface area contributed by atoms with Crippen LogP contribution in [0.25, 0.3) is 81.0 Å². The van der Waals surface area contributed by atoms with E-state index in [1.165, 1.54) is 69.8 Å². The molecule has 57 heavy (non-hydrogen) atoms. The van der Waals surface area contributed by atoms with Crippen LogP contribution in [-0.4, -0.2) is 4.57 Å². The molecule has 9 aromatic carbocycles. The van der Waals surface area contributed by atoms with Crippen molar-refractivity contribution in [1.29, 1.82) is 0 Å². The summed E-state index contributed by atoms with van der Waals surface area (Å²) in [5, 5.41) is 5.05. The lowest BCUT2D eigenvalue weighted by molar-refractivity contribution is 1.18. The Kier molecular flexibility index (Phi) is 8.04. The molecule has 0 unspecified atom stereocenters. The van der Waals surface area contributed by atoms with E-state index in [4.69, 9.17) is 0 Å². The van der Waals surface area contributed by atoms with Gasteiger partial charge in [0.15, 0.2) is 0 Å². The zero-order valence-electron chi connectivity index (χ0n) is 31.1. The average Bonchev–Trinajstić information content (AvgIpc) is 3.82. The van der Waals surface area contributed by atoms with E-state index in [1.807, 2.05) is 11.3 Å². The molecule has 11 aromatic rings. The smallest absolute Gasteiger partial charge is 0.0562 e. The number of hydrogen-bond donors (Lipinski definition) is 0. The lowest BCUT2D eigenvalue weighted by Gasteiger charge is -2.28. The fraction of sp³-hybridized carbons (Fsp3) is 0. The fourth-order valence-electron chi connectivity index (χ4n) is 8.65. The van der Waals surface area contributed by atoms with Crippen molar-refractivity contribution < 1.29 is 0 Å². The van der Waals surface area contributed by atoms with Crippen LogP contribution in [0.15, 0.2) is 218 Å². The molecule has 0 aliphatic carbocycles. The van der Waals surface area contributed by atoms with Crippen molar-refractivity contribution in [1.82, 2.24) is 4.57 Å². The molecule has 3 heteroatoms. The number of para-hydroxylation sites is 4. The van der Waals surface area contributed by atoms with Crippen molar-refractivity contribution in [2.75, 3.05) is 4.90 Å². The second-order valence-corrected chi connectivity index (χ2v) is 15.6. The number of hydrogen-bond acceptors (Lipinski definition) is 2. The highest BCUT2D eigenvalue weighted by Crippen LogP contribution is 2.45. The van der Waals surface area contributed by atoms with Crippen LogP contribution in [0.5, 0.6) is 0 Å². The van der Waals surface area contributed by atoms with Crippen LogP contribution in [0.4, 0.5) is 17.1 Å². The van der Waals surface area contributed by atoms with E-state index in [1.54, 1.807) is 0 Å². The van der Waals surface area contributed by atoms with Gasteiger partial charge in [0, 0.05) is 53.4 Å². The molecule has 0 fully saturated rings. The van der Waals surface area contributed by atoms with Crippen LogP contribution in [0.2, 0.25) is 0 Å². The van der Waals surface area contributed by atoms with Crippen LogP contribution in [0.1, 0.15) is 0 Å². The molecular formula is C54H36N2S. The molecule has 2 nitrogen and oxygen atoms in total. The third-order valence-electron chi connectivity index (χ3n) is 11.2. The number of rotatable bonds is 7. The number of fused-ring (bicyclic) bond motifs is 6. The summed E-state index contributed by atoms with van der Waals surface area (Å²) >= 11 is 1.86. The Morgan fingerprint density at radius 3 is 1.79 bits per heavy atom. The molecule has 11 rings (SSSR count). The number of aromatic nitrogens is 1. The zero-order chi connectivity index (χ0) is 37.7. The molecule has 0 atom stereocenters. The molecule has 0 aliphatic rings. The molecule has 0 amide bonds. The van der Waals surface area contributed by atoms with Crippen molar-refractivity contribution in [2.24, 2.45) is 0 Å². The number of benzene rings is 9. The van der Waals surface area contributed by atoms with Crippen LogP contribution >= 0.6 is 11.3 Å². The maximum atomic E-state index is 2.47. The van der Waals surface area contributed by atoms with Crippen LogP contribution in [0, 0.1) is 0 Å². The summed E-state index contributed by atoms with van der Waals surface area (Å²) in [5.41, 5.74) is 14.0. The Morgan fingerprint density at radius 2 is 0.947 bits per heavy atom. The summed E-state index contributed by atoms with van der Waals surface area (Å²) in [6.45, 7) is 0. The molecule has 2 aromatic heterocycles. The molecule has 2 heterocycles. The predicted molar refractivity (Wildman–Crippen MR) is 245 cm³/mol. The summed E-state index contributed by atoms with van der Waals surface area (Å²) < 4.78 is 5.09. The second kappa shape index (κ2) is 13.8. The van der Waals surface area contributed by atoms with E-state index in [0.717, 1.165) is 28.3 Å². The SMILES string of the molecule is c1ccc(-c2ccccc2-c2ccccc2-n2c3ccccc3c3ccc(N(c4ccccc4)c4ccccc4-c4ccc5sc6ccccc6c5c4)cc32)cc1. The lowest BCUT2D eigenvalue weighted by Crippen LogP contribution is -2.11. The van der Waals surface area contributed by atoms with Gasteiger partial charge in [-0.15, -0.1) is 11.3 Å². The monoisotopic (exact) mass is 744 g/mol. The Bertz CT molecular complexity index is 3250. The van der Waals surface area contributed by atoms with E-state index in [0.29, 0.717) is 0 Å². The van der Waals surface area contributed by atoms with E-state index in [9.17, 15) is 0 Å². The maximum Gasteiger partial charge on any atom is 0.0562 e. The Morgan fingerprint density at radius 1 is 0.333 bits per heavy atom. The van der Waals surface area contributed by atoms with Gasteiger partial charge in [0.25, 0.3) is 0 Å². The van der Waals surface area contributed by atoms with Crippen LogP contribution in [0.3, 0.4) is 0 Å². The molecule has 0 N–H and O–H groups in total. The Labute approximate surface area is 335 Å². The molecule has 0 saturated carbocycles. The number of nitrogens with zero attached hydrogens (tertiary/aromatic N) is 2. The van der Waals surface area contributed by atoms with Crippen LogP contribution in [-0.2, 0) is 0 Å². The first-order valence-electron chi connectivity index (χ1n) is 19.4. The summed E-state index contributed by atoms with van der Waals surface area (Å²) in [5.74, 6) is 0. The Hall–Kier alpha value is -7.20. The van der Waals surface area contributed by atoms with Gasteiger partial charge in [-0.2, -0.15) is 0 Å². The van der Waals surface area contributed by atoms with Gasteiger partial charge in [0.05, 0.1) is 22.4 Å². The van der Waals surface area contributed by atoms with Crippen molar-refractivity contribution >= 4 is 70.4 Å². The van der Waals surface area contributed by atoms with Gasteiger partial charge < -0.3 is 9.47 Å². The van der Waals surface area contributed by atoms with Crippen molar-refractivity contribution in [3.8, 4) is 39.1 Å². The summed E-state index contributed by atoms with van der Waals surface area (Å²) in [4.78, 5) is 2.42. The van der Waals surface area contributed by atoms with Crippen LogP contribution < -0.4 is 4.90 Å². The lowest BCUT2D eigenvalue weighted by atomic mass is 9.93. The minimum atomic E-state index is 1.09. The third-order valence-corrected chi connectivity index (χ3v) is 12.4. The predicted octanol–water partition coefficient (Wildman–Crippen LogP) is 15.6. The van der Waals surface area contributed by atoms with Gasteiger partial charge in [0.2, 0.25) is 0 Å². The topological polar surface area (TPSA) is 8.17 Å². The highest BCUT2D eigenvalue weighted by molar-refractivity contribution is 7.25. The minimum Gasteiger partial charge on any atom is -0.310 e. The highest BCUT2D eigenvalue weighted by atomic mass is 32.1. The number of anilines is 3. The van der Waals surface area contributed by atoms with Crippen molar-refractivity contribution in [2.45, 2.75) is 0 Å². The van der Waals surface area contributed by atoms with E-state index < -0.39 is 0 Å². The largest absolute Gasteiger partial charge is 0.310 e.